The molecule has 2 rings (SSSR count). The second-order valence-corrected chi connectivity index (χ2v) is 6.39. The second kappa shape index (κ2) is 10.6. The van der Waals surface area contributed by atoms with Gasteiger partial charge in [0.1, 0.15) is 26.3 Å². The van der Waals surface area contributed by atoms with E-state index in [-0.39, 0.29) is 24.3 Å². The van der Waals surface area contributed by atoms with E-state index in [2.05, 4.69) is 0 Å². The zero-order valence-corrected chi connectivity index (χ0v) is 15.8. The van der Waals surface area contributed by atoms with Crippen LogP contribution in [0.4, 0.5) is 0 Å². The highest BCUT2D eigenvalue weighted by Crippen LogP contribution is 2.04. The standard InChI is InChI=1S/C20H24NO4.ClH/c1-21(2,13-15-24-19(22)17-9-5-3-6-10-17)14-16-25-20(23)18-11-7-4-8-12-18;/h3-12H,13-16H2,1-2H3;1H/q+1;/p-1. The maximum Gasteiger partial charge on any atom is 0.338 e. The lowest BCUT2D eigenvalue weighted by Crippen LogP contribution is -3.00. The fraction of sp³-hybridized carbons (Fsp3) is 0.300. The molecular formula is C20H24ClNO4. The lowest BCUT2D eigenvalue weighted by Gasteiger charge is -2.29. The van der Waals surface area contributed by atoms with Crippen molar-refractivity contribution in [3.8, 4) is 0 Å². The smallest absolute Gasteiger partial charge is 0.338 e. The number of hydrogen-bond acceptors (Lipinski definition) is 4. The van der Waals surface area contributed by atoms with Crippen molar-refractivity contribution >= 4 is 11.9 Å². The molecule has 0 aromatic heterocycles. The molecule has 0 atom stereocenters. The van der Waals surface area contributed by atoms with E-state index in [0.29, 0.717) is 41.9 Å². The molecule has 0 bridgehead atoms. The molecule has 6 heteroatoms. The number of carbonyl (C=O) groups excluding carboxylic acids is 2. The summed E-state index contributed by atoms with van der Waals surface area (Å²) in [6, 6.07) is 17.8. The van der Waals surface area contributed by atoms with Gasteiger partial charge in [-0.25, -0.2) is 9.59 Å². The average molecular weight is 378 g/mol. The van der Waals surface area contributed by atoms with Crippen LogP contribution < -0.4 is 12.4 Å². The Morgan fingerprint density at radius 3 is 1.42 bits per heavy atom. The zero-order chi connectivity index (χ0) is 18.1. The Labute approximate surface area is 160 Å². The van der Waals surface area contributed by atoms with Crippen molar-refractivity contribution in [3.05, 3.63) is 71.8 Å². The summed E-state index contributed by atoms with van der Waals surface area (Å²) in [4.78, 5) is 23.8. The van der Waals surface area contributed by atoms with Crippen molar-refractivity contribution in [1.29, 1.82) is 0 Å². The van der Waals surface area contributed by atoms with Crippen molar-refractivity contribution in [2.24, 2.45) is 0 Å². The molecule has 0 saturated heterocycles. The normalized spacial score (nSPS) is 10.5. The van der Waals surface area contributed by atoms with Gasteiger partial charge in [-0.15, -0.1) is 0 Å². The Balaban J connectivity index is 0.00000338. The Hall–Kier alpha value is -2.37. The van der Waals surface area contributed by atoms with Crippen LogP contribution in [-0.4, -0.2) is 56.8 Å². The van der Waals surface area contributed by atoms with Crippen LogP contribution in [0.5, 0.6) is 0 Å². The van der Waals surface area contributed by atoms with E-state index in [1.807, 2.05) is 26.2 Å². The number of likely N-dealkylation sites (N-methyl/N-ethyl adjacent to an activating group) is 1. The fourth-order valence-corrected chi connectivity index (χ4v) is 2.20. The van der Waals surface area contributed by atoms with Gasteiger partial charge in [0.15, 0.2) is 0 Å². The molecule has 0 fully saturated rings. The van der Waals surface area contributed by atoms with Crippen LogP contribution >= 0.6 is 0 Å². The Morgan fingerprint density at radius 2 is 1.08 bits per heavy atom. The maximum atomic E-state index is 11.9. The molecule has 2 aromatic rings. The van der Waals surface area contributed by atoms with E-state index in [9.17, 15) is 9.59 Å². The summed E-state index contributed by atoms with van der Waals surface area (Å²) in [5, 5.41) is 0. The van der Waals surface area contributed by atoms with E-state index in [0.717, 1.165) is 0 Å². The monoisotopic (exact) mass is 377 g/mol. The number of quaternary nitrogens is 1. The van der Waals surface area contributed by atoms with Crippen LogP contribution in [0.15, 0.2) is 60.7 Å². The minimum absolute atomic E-state index is 0. The molecule has 5 nitrogen and oxygen atoms in total. The Morgan fingerprint density at radius 1 is 0.731 bits per heavy atom. The molecule has 0 heterocycles. The van der Waals surface area contributed by atoms with Crippen LogP contribution in [-0.2, 0) is 9.47 Å². The molecule has 0 aliphatic carbocycles. The first kappa shape index (κ1) is 21.7. The third-order valence-corrected chi connectivity index (χ3v) is 3.88. The fourth-order valence-electron chi connectivity index (χ4n) is 2.20. The van der Waals surface area contributed by atoms with Crippen molar-refractivity contribution in [1.82, 2.24) is 0 Å². The first-order valence-corrected chi connectivity index (χ1v) is 8.24. The van der Waals surface area contributed by atoms with Crippen molar-refractivity contribution in [2.75, 3.05) is 40.4 Å². The van der Waals surface area contributed by atoms with Crippen molar-refractivity contribution < 1.29 is 36.0 Å². The topological polar surface area (TPSA) is 52.6 Å². The van der Waals surface area contributed by atoms with E-state index < -0.39 is 0 Å². The summed E-state index contributed by atoms with van der Waals surface area (Å²) in [7, 11) is 4.01. The van der Waals surface area contributed by atoms with Crippen molar-refractivity contribution in [3.63, 3.8) is 0 Å². The first-order chi connectivity index (χ1) is 12.0. The van der Waals surface area contributed by atoms with Gasteiger partial charge in [-0.1, -0.05) is 36.4 Å². The molecule has 0 aliphatic rings. The third kappa shape index (κ3) is 7.25. The molecule has 140 valence electrons. The molecule has 0 amide bonds. The van der Waals surface area contributed by atoms with E-state index in [4.69, 9.17) is 9.47 Å². The van der Waals surface area contributed by atoms with Crippen LogP contribution in [0.3, 0.4) is 0 Å². The highest BCUT2D eigenvalue weighted by molar-refractivity contribution is 5.89. The molecule has 0 spiro atoms. The molecular weight excluding hydrogens is 354 g/mol. The molecule has 0 N–H and O–H groups in total. The van der Waals surface area contributed by atoms with Gasteiger partial charge in [0.2, 0.25) is 0 Å². The summed E-state index contributed by atoms with van der Waals surface area (Å²) in [5.41, 5.74) is 1.09. The molecule has 0 saturated carbocycles. The number of hydrogen-bond donors (Lipinski definition) is 0. The van der Waals surface area contributed by atoms with Crippen LogP contribution in [0.2, 0.25) is 0 Å². The SMILES string of the molecule is C[N+](C)(CCOC(=O)c1ccccc1)CCOC(=O)c1ccccc1.[Cl-]. The quantitative estimate of drug-likeness (QED) is 0.471. The van der Waals surface area contributed by atoms with E-state index in [1.165, 1.54) is 0 Å². The van der Waals surface area contributed by atoms with E-state index in [1.54, 1.807) is 48.5 Å². The summed E-state index contributed by atoms with van der Waals surface area (Å²) < 4.78 is 11.2. The lowest BCUT2D eigenvalue weighted by molar-refractivity contribution is -0.890. The van der Waals surface area contributed by atoms with Gasteiger partial charge in [0, 0.05) is 0 Å². The molecule has 0 radical (unpaired) electrons. The highest BCUT2D eigenvalue weighted by atomic mass is 35.5. The maximum absolute atomic E-state index is 11.9. The number of carbonyl (C=O) groups is 2. The van der Waals surface area contributed by atoms with Gasteiger partial charge < -0.3 is 26.4 Å². The van der Waals surface area contributed by atoms with Crippen molar-refractivity contribution in [2.45, 2.75) is 0 Å². The zero-order valence-electron chi connectivity index (χ0n) is 15.1. The van der Waals surface area contributed by atoms with Gasteiger partial charge in [-0.2, -0.15) is 0 Å². The number of ether oxygens (including phenoxy) is 2. The van der Waals surface area contributed by atoms with Crippen LogP contribution in [0, 0.1) is 0 Å². The largest absolute Gasteiger partial charge is 1.00 e. The van der Waals surface area contributed by atoms with Gasteiger partial charge in [0.05, 0.1) is 25.2 Å². The predicted octanol–water partition coefficient (Wildman–Crippen LogP) is -0.219. The lowest BCUT2D eigenvalue weighted by atomic mass is 10.2. The first-order valence-electron chi connectivity index (χ1n) is 8.24. The highest BCUT2D eigenvalue weighted by Gasteiger charge is 2.17. The molecule has 2 aromatic carbocycles. The average Bonchev–Trinajstić information content (AvgIpc) is 2.62. The Bertz CT molecular complexity index is 630. The summed E-state index contributed by atoms with van der Waals surface area (Å²) in [6.45, 7) is 1.91. The van der Waals surface area contributed by atoms with Crippen LogP contribution in [0.25, 0.3) is 0 Å². The van der Waals surface area contributed by atoms with Crippen LogP contribution in [0.1, 0.15) is 20.7 Å². The van der Waals surface area contributed by atoms with E-state index >= 15 is 0 Å². The summed E-state index contributed by atoms with van der Waals surface area (Å²) in [5.74, 6) is -0.646. The number of nitrogens with zero attached hydrogens (tertiary/aromatic N) is 1. The Kier molecular flexibility index (Phi) is 8.82. The minimum atomic E-state index is -0.323. The van der Waals surface area contributed by atoms with Gasteiger partial charge in [-0.05, 0) is 24.3 Å². The van der Waals surface area contributed by atoms with Gasteiger partial charge in [0.25, 0.3) is 0 Å². The number of benzene rings is 2. The summed E-state index contributed by atoms with van der Waals surface area (Å²) >= 11 is 0. The molecule has 0 aliphatic heterocycles. The number of rotatable bonds is 8. The second-order valence-electron chi connectivity index (χ2n) is 6.39. The minimum Gasteiger partial charge on any atom is -1.00 e. The van der Waals surface area contributed by atoms with Gasteiger partial charge >= 0.3 is 11.9 Å². The molecule has 26 heavy (non-hydrogen) atoms. The number of esters is 2. The van der Waals surface area contributed by atoms with Gasteiger partial charge in [-0.3, -0.25) is 0 Å². The number of halogens is 1. The molecule has 0 unspecified atom stereocenters. The summed E-state index contributed by atoms with van der Waals surface area (Å²) in [6.07, 6.45) is 0. The third-order valence-electron chi connectivity index (χ3n) is 3.88. The predicted molar refractivity (Wildman–Crippen MR) is 95.3 cm³/mol.